The summed E-state index contributed by atoms with van der Waals surface area (Å²) in [5, 5.41) is 0. The lowest BCUT2D eigenvalue weighted by Crippen LogP contribution is -1.87. The van der Waals surface area contributed by atoms with Gasteiger partial charge < -0.3 is 0 Å². The van der Waals surface area contributed by atoms with Gasteiger partial charge in [-0.15, -0.1) is 48.8 Å². The molecule has 2 rings (SSSR count). The normalized spacial score (nSPS) is 10.9. The van der Waals surface area contributed by atoms with Crippen LogP contribution in [0.4, 0.5) is 0 Å². The van der Waals surface area contributed by atoms with Gasteiger partial charge in [-0.3, -0.25) is 0 Å². The minimum absolute atomic E-state index is 1.08. The summed E-state index contributed by atoms with van der Waals surface area (Å²) in [7, 11) is 0. The lowest BCUT2D eigenvalue weighted by Gasteiger charge is -2.07. The van der Waals surface area contributed by atoms with Crippen LogP contribution in [0.3, 0.4) is 0 Å². The zero-order valence-electron chi connectivity index (χ0n) is 12.3. The highest BCUT2D eigenvalue weighted by molar-refractivity contribution is 8.00. The van der Waals surface area contributed by atoms with Gasteiger partial charge in [0, 0.05) is 19.6 Å². The lowest BCUT2D eigenvalue weighted by molar-refractivity contribution is 1.10. The van der Waals surface area contributed by atoms with Crippen molar-refractivity contribution >= 4 is 48.8 Å². The highest BCUT2D eigenvalue weighted by Gasteiger charge is 2.02. The van der Waals surface area contributed by atoms with Gasteiger partial charge in [0.1, 0.15) is 0 Å². The molecule has 0 amide bonds. The van der Waals surface area contributed by atoms with Gasteiger partial charge in [0.2, 0.25) is 0 Å². The summed E-state index contributed by atoms with van der Waals surface area (Å²) in [6, 6.07) is 12.8. The number of aryl methyl sites for hydroxylation is 2. The minimum Gasteiger partial charge on any atom is -0.142 e. The molecular formula is C17H20S4. The van der Waals surface area contributed by atoms with E-state index in [4.69, 9.17) is 0 Å². The average molecular weight is 353 g/mol. The van der Waals surface area contributed by atoms with Gasteiger partial charge in [-0.25, -0.2) is 0 Å². The van der Waals surface area contributed by atoms with Crippen molar-refractivity contribution in [3.63, 3.8) is 0 Å². The molecule has 112 valence electrons. The largest absolute Gasteiger partial charge is 0.142 e. The molecule has 0 aliphatic heterocycles. The Morgan fingerprint density at radius 3 is 1.62 bits per heavy atom. The van der Waals surface area contributed by atoms with Gasteiger partial charge in [-0.1, -0.05) is 12.1 Å². The number of rotatable bonds is 6. The Kier molecular flexibility index (Phi) is 6.93. The summed E-state index contributed by atoms with van der Waals surface area (Å²) in [6.45, 7) is 4.25. The third kappa shape index (κ3) is 5.51. The maximum absolute atomic E-state index is 4.52. The topological polar surface area (TPSA) is 0 Å². The van der Waals surface area contributed by atoms with E-state index in [0.29, 0.717) is 0 Å². The van der Waals surface area contributed by atoms with Crippen LogP contribution in [-0.2, 0) is 0 Å². The molecule has 0 radical (unpaired) electrons. The fourth-order valence-electron chi connectivity index (χ4n) is 1.90. The van der Waals surface area contributed by atoms with E-state index >= 15 is 0 Å². The van der Waals surface area contributed by atoms with Gasteiger partial charge in [-0.05, 0) is 67.2 Å². The minimum atomic E-state index is 1.08. The van der Waals surface area contributed by atoms with Gasteiger partial charge in [0.05, 0.1) is 0 Å². The van der Waals surface area contributed by atoms with Gasteiger partial charge in [-0.2, -0.15) is 0 Å². The van der Waals surface area contributed by atoms with Crippen molar-refractivity contribution in [3.8, 4) is 0 Å². The smallest absolute Gasteiger partial charge is 0.0208 e. The Bertz CT molecular complexity index is 554. The summed E-state index contributed by atoms with van der Waals surface area (Å²) in [6.07, 6.45) is 1.18. The van der Waals surface area contributed by atoms with Crippen LogP contribution in [0.15, 0.2) is 56.0 Å². The summed E-state index contributed by atoms with van der Waals surface area (Å²) >= 11 is 12.8. The van der Waals surface area contributed by atoms with E-state index in [1.54, 1.807) is 0 Å². The van der Waals surface area contributed by atoms with Gasteiger partial charge >= 0.3 is 0 Å². The summed E-state index contributed by atoms with van der Waals surface area (Å²) < 4.78 is 0. The van der Waals surface area contributed by atoms with E-state index in [1.807, 2.05) is 23.5 Å². The van der Waals surface area contributed by atoms with Crippen molar-refractivity contribution in [2.75, 3.05) is 11.5 Å². The molecule has 0 unspecified atom stereocenters. The van der Waals surface area contributed by atoms with Crippen molar-refractivity contribution in [3.05, 3.63) is 47.5 Å². The van der Waals surface area contributed by atoms with Crippen LogP contribution in [0, 0.1) is 13.8 Å². The van der Waals surface area contributed by atoms with Gasteiger partial charge in [0.15, 0.2) is 0 Å². The molecule has 21 heavy (non-hydrogen) atoms. The van der Waals surface area contributed by atoms with E-state index in [-0.39, 0.29) is 0 Å². The van der Waals surface area contributed by atoms with Crippen molar-refractivity contribution in [1.29, 1.82) is 0 Å². The van der Waals surface area contributed by atoms with Crippen LogP contribution in [0.2, 0.25) is 0 Å². The molecule has 0 nitrogen and oxygen atoms in total. The third-order valence-corrected chi connectivity index (χ3v) is 6.40. The number of thioether (sulfide) groups is 2. The molecule has 0 spiro atoms. The predicted octanol–water partition coefficient (Wildman–Crippen LogP) is 6.16. The Hall–Kier alpha value is -0.160. The molecule has 0 aliphatic carbocycles. The van der Waals surface area contributed by atoms with E-state index in [1.165, 1.54) is 27.3 Å². The molecule has 0 bridgehead atoms. The summed E-state index contributed by atoms with van der Waals surface area (Å²) in [5.41, 5.74) is 2.59. The maximum Gasteiger partial charge on any atom is 0.0208 e. The van der Waals surface area contributed by atoms with E-state index in [9.17, 15) is 0 Å². The molecule has 4 heteroatoms. The number of hydrogen-bond acceptors (Lipinski definition) is 4. The Labute approximate surface area is 147 Å². The molecule has 0 saturated carbocycles. The van der Waals surface area contributed by atoms with Crippen LogP contribution in [0.1, 0.15) is 17.5 Å². The summed E-state index contributed by atoms with van der Waals surface area (Å²) in [4.78, 5) is 4.73. The van der Waals surface area contributed by atoms with Crippen molar-refractivity contribution in [2.24, 2.45) is 0 Å². The van der Waals surface area contributed by atoms with Crippen molar-refractivity contribution in [2.45, 2.75) is 39.9 Å². The van der Waals surface area contributed by atoms with Crippen LogP contribution in [0.5, 0.6) is 0 Å². The Morgan fingerprint density at radius 2 is 1.19 bits per heavy atom. The molecule has 2 aromatic carbocycles. The quantitative estimate of drug-likeness (QED) is 0.363. The third-order valence-electron chi connectivity index (χ3n) is 3.03. The predicted molar refractivity (Wildman–Crippen MR) is 103 cm³/mol. The molecule has 0 N–H and O–H groups in total. The lowest BCUT2D eigenvalue weighted by atomic mass is 10.2. The second-order valence-corrected chi connectivity index (χ2v) is 8.23. The highest BCUT2D eigenvalue weighted by atomic mass is 32.2. The van der Waals surface area contributed by atoms with Crippen LogP contribution >= 0.6 is 48.8 Å². The first-order valence-corrected chi connectivity index (χ1v) is 9.77. The zero-order valence-corrected chi connectivity index (χ0v) is 15.7. The Morgan fingerprint density at radius 1 is 0.762 bits per heavy atom. The molecule has 0 saturated heterocycles. The SMILES string of the molecule is Cc1ccc(S)c(SCCCSc2cc(C)ccc2S)c1. The monoisotopic (exact) mass is 352 g/mol. The number of benzene rings is 2. The molecule has 0 fully saturated rings. The maximum atomic E-state index is 4.52. The first-order chi connectivity index (χ1) is 10.1. The van der Waals surface area contributed by atoms with E-state index < -0.39 is 0 Å². The van der Waals surface area contributed by atoms with Crippen LogP contribution in [0.25, 0.3) is 0 Å². The first-order valence-electron chi connectivity index (χ1n) is 6.91. The van der Waals surface area contributed by atoms with E-state index in [2.05, 4.69) is 75.5 Å². The fraction of sp³-hybridized carbons (Fsp3) is 0.294. The average Bonchev–Trinajstić information content (AvgIpc) is 2.45. The van der Waals surface area contributed by atoms with Gasteiger partial charge in [0.25, 0.3) is 0 Å². The highest BCUT2D eigenvalue weighted by Crippen LogP contribution is 2.30. The summed E-state index contributed by atoms with van der Waals surface area (Å²) in [5.74, 6) is 2.25. The second-order valence-electron chi connectivity index (χ2n) is 4.99. The number of thiol groups is 2. The molecular weight excluding hydrogens is 332 g/mol. The molecule has 0 atom stereocenters. The van der Waals surface area contributed by atoms with Crippen LogP contribution < -0.4 is 0 Å². The molecule has 0 heterocycles. The zero-order chi connectivity index (χ0) is 15.2. The standard InChI is InChI=1S/C17H20S4/c1-12-4-6-14(18)16(10-12)20-8-3-9-21-17-11-13(2)5-7-15(17)19/h4-7,10-11,18-19H,3,8-9H2,1-2H3. The van der Waals surface area contributed by atoms with Crippen molar-refractivity contribution < 1.29 is 0 Å². The second kappa shape index (κ2) is 8.47. The fourth-order valence-corrected chi connectivity index (χ4v) is 4.73. The Balaban J connectivity index is 1.77. The van der Waals surface area contributed by atoms with Crippen molar-refractivity contribution in [1.82, 2.24) is 0 Å². The van der Waals surface area contributed by atoms with Crippen LogP contribution in [-0.4, -0.2) is 11.5 Å². The van der Waals surface area contributed by atoms with E-state index in [0.717, 1.165) is 21.3 Å². The molecule has 0 aromatic heterocycles. The molecule has 2 aromatic rings. The molecule has 0 aliphatic rings. The number of hydrogen-bond donors (Lipinski definition) is 2. The first kappa shape index (κ1) is 17.2.